The molecule has 1 fully saturated rings. The minimum atomic E-state index is -0.833. The molecule has 0 unspecified atom stereocenters. The second-order valence-corrected chi connectivity index (χ2v) is 3.71. The number of rotatable bonds is 1. The lowest BCUT2D eigenvalue weighted by molar-refractivity contribution is -0.134. The van der Waals surface area contributed by atoms with Gasteiger partial charge in [-0.05, 0) is 12.8 Å². The lowest BCUT2D eigenvalue weighted by Gasteiger charge is -2.17. The molecule has 0 saturated carbocycles. The average molecular weight is 201 g/mol. The van der Waals surface area contributed by atoms with Gasteiger partial charge in [0.1, 0.15) is 0 Å². The molecule has 0 radical (unpaired) electrons. The Labute approximate surface area is 84.9 Å². The number of carbonyl (C=O) groups excluding carboxylic acids is 1. The first-order valence-electron chi connectivity index (χ1n) is 4.93. The van der Waals surface area contributed by atoms with Crippen LogP contribution in [0.3, 0.4) is 0 Å². The zero-order valence-corrected chi connectivity index (χ0v) is 9.12. The van der Waals surface area contributed by atoms with E-state index in [1.54, 1.807) is 0 Å². The normalized spacial score (nSPS) is 15.0. The summed E-state index contributed by atoms with van der Waals surface area (Å²) in [4.78, 5) is 22.2. The number of carbonyl (C=O) groups is 2. The monoisotopic (exact) mass is 201 g/mol. The third kappa shape index (κ3) is 5.56. The number of hydrogen-bond donors (Lipinski definition) is 1. The van der Waals surface area contributed by atoms with Crippen molar-refractivity contribution in [2.45, 2.75) is 33.6 Å². The second-order valence-electron chi connectivity index (χ2n) is 3.71. The Morgan fingerprint density at radius 2 is 1.57 bits per heavy atom. The predicted octanol–water partition coefficient (Wildman–Crippen LogP) is 1.36. The first-order valence-corrected chi connectivity index (χ1v) is 4.93. The summed E-state index contributed by atoms with van der Waals surface area (Å²) in [6.45, 7) is 6.97. The second kappa shape index (κ2) is 6.40. The molecule has 0 aromatic rings. The van der Waals surface area contributed by atoms with Crippen LogP contribution in [0.1, 0.15) is 33.6 Å². The van der Waals surface area contributed by atoms with Gasteiger partial charge in [-0.15, -0.1) is 0 Å². The van der Waals surface area contributed by atoms with Crippen LogP contribution in [0.25, 0.3) is 0 Å². The van der Waals surface area contributed by atoms with Gasteiger partial charge in [0.05, 0.1) is 0 Å². The van der Waals surface area contributed by atoms with Crippen LogP contribution in [0, 0.1) is 5.92 Å². The highest BCUT2D eigenvalue weighted by atomic mass is 16.4. The van der Waals surface area contributed by atoms with E-state index in [9.17, 15) is 4.79 Å². The van der Waals surface area contributed by atoms with Gasteiger partial charge < -0.3 is 10.0 Å². The topological polar surface area (TPSA) is 57.6 Å². The maximum absolute atomic E-state index is 11.3. The minimum Gasteiger partial charge on any atom is -0.481 e. The fourth-order valence-corrected chi connectivity index (χ4v) is 1.30. The van der Waals surface area contributed by atoms with E-state index < -0.39 is 5.97 Å². The van der Waals surface area contributed by atoms with Crippen molar-refractivity contribution in [3.05, 3.63) is 0 Å². The molecular weight excluding hydrogens is 182 g/mol. The number of likely N-dealkylation sites (tertiary alicyclic amines) is 1. The maximum Gasteiger partial charge on any atom is 0.300 e. The van der Waals surface area contributed by atoms with E-state index in [0.717, 1.165) is 20.0 Å². The highest BCUT2D eigenvalue weighted by molar-refractivity contribution is 5.78. The summed E-state index contributed by atoms with van der Waals surface area (Å²) in [5.41, 5.74) is 0. The molecule has 0 spiro atoms. The Bertz CT molecular complexity index is 192. The molecule has 4 nitrogen and oxygen atoms in total. The highest BCUT2D eigenvalue weighted by Gasteiger charge is 2.19. The van der Waals surface area contributed by atoms with E-state index >= 15 is 0 Å². The molecule has 0 aliphatic carbocycles. The molecule has 1 heterocycles. The molecule has 1 aliphatic rings. The van der Waals surface area contributed by atoms with Gasteiger partial charge in [-0.1, -0.05) is 13.8 Å². The lowest BCUT2D eigenvalue weighted by atomic mass is 10.2. The van der Waals surface area contributed by atoms with Crippen molar-refractivity contribution in [2.75, 3.05) is 13.1 Å². The van der Waals surface area contributed by atoms with E-state index in [2.05, 4.69) is 0 Å². The number of carboxylic acids is 1. The molecule has 1 saturated heterocycles. The lowest BCUT2D eigenvalue weighted by Crippen LogP contribution is -2.31. The van der Waals surface area contributed by atoms with Crippen LogP contribution >= 0.6 is 0 Å². The van der Waals surface area contributed by atoms with Crippen molar-refractivity contribution < 1.29 is 14.7 Å². The average Bonchev–Trinajstić information content (AvgIpc) is 2.53. The summed E-state index contributed by atoms with van der Waals surface area (Å²) in [5, 5.41) is 7.42. The molecule has 0 aromatic carbocycles. The van der Waals surface area contributed by atoms with Crippen LogP contribution in [0.5, 0.6) is 0 Å². The van der Waals surface area contributed by atoms with Gasteiger partial charge in [-0.3, -0.25) is 9.59 Å². The van der Waals surface area contributed by atoms with Crippen LogP contribution in [-0.4, -0.2) is 35.0 Å². The van der Waals surface area contributed by atoms with Gasteiger partial charge in [-0.25, -0.2) is 0 Å². The molecular formula is C10H19NO3. The number of carboxylic acid groups (broad SMARTS) is 1. The predicted molar refractivity (Wildman–Crippen MR) is 54.0 cm³/mol. The van der Waals surface area contributed by atoms with Crippen LogP contribution in [-0.2, 0) is 9.59 Å². The van der Waals surface area contributed by atoms with E-state index in [0.29, 0.717) is 5.91 Å². The van der Waals surface area contributed by atoms with Crippen LogP contribution < -0.4 is 0 Å². The van der Waals surface area contributed by atoms with E-state index in [-0.39, 0.29) is 5.92 Å². The number of hydrogen-bond acceptors (Lipinski definition) is 2. The summed E-state index contributed by atoms with van der Waals surface area (Å²) in [5.74, 6) is -0.337. The zero-order chi connectivity index (χ0) is 11.1. The number of amides is 1. The Morgan fingerprint density at radius 3 is 1.86 bits per heavy atom. The Hall–Kier alpha value is -1.06. The zero-order valence-electron chi connectivity index (χ0n) is 9.12. The van der Waals surface area contributed by atoms with Gasteiger partial charge in [0, 0.05) is 25.9 Å². The van der Waals surface area contributed by atoms with Crippen molar-refractivity contribution >= 4 is 11.9 Å². The first kappa shape index (κ1) is 12.9. The van der Waals surface area contributed by atoms with E-state index in [1.165, 1.54) is 12.8 Å². The van der Waals surface area contributed by atoms with Gasteiger partial charge in [0.15, 0.2) is 0 Å². The SMILES string of the molecule is CC(=O)O.CC(C)C(=O)N1CCCC1. The van der Waals surface area contributed by atoms with Crippen molar-refractivity contribution in [3.8, 4) is 0 Å². The summed E-state index contributed by atoms with van der Waals surface area (Å²) >= 11 is 0. The molecule has 1 N–H and O–H groups in total. The Kier molecular flexibility index (Phi) is 5.92. The largest absolute Gasteiger partial charge is 0.481 e. The molecule has 0 aromatic heterocycles. The van der Waals surface area contributed by atoms with Crippen molar-refractivity contribution in [2.24, 2.45) is 5.92 Å². The van der Waals surface area contributed by atoms with Crippen molar-refractivity contribution in [3.63, 3.8) is 0 Å². The summed E-state index contributed by atoms with van der Waals surface area (Å²) in [7, 11) is 0. The molecule has 82 valence electrons. The Balaban J connectivity index is 0.000000364. The van der Waals surface area contributed by atoms with Crippen LogP contribution in [0.2, 0.25) is 0 Å². The van der Waals surface area contributed by atoms with Crippen LogP contribution in [0.15, 0.2) is 0 Å². The smallest absolute Gasteiger partial charge is 0.300 e. The van der Waals surface area contributed by atoms with E-state index in [4.69, 9.17) is 9.90 Å². The third-order valence-corrected chi connectivity index (χ3v) is 1.91. The summed E-state index contributed by atoms with van der Waals surface area (Å²) in [6, 6.07) is 0. The summed E-state index contributed by atoms with van der Waals surface area (Å²) in [6.07, 6.45) is 2.39. The summed E-state index contributed by atoms with van der Waals surface area (Å²) < 4.78 is 0. The third-order valence-electron chi connectivity index (χ3n) is 1.91. The Morgan fingerprint density at radius 1 is 1.21 bits per heavy atom. The standard InChI is InChI=1S/C8H15NO.C2H4O2/c1-7(2)8(10)9-5-3-4-6-9;1-2(3)4/h7H,3-6H2,1-2H3;1H3,(H,3,4). The maximum atomic E-state index is 11.3. The van der Waals surface area contributed by atoms with Gasteiger partial charge in [0.2, 0.25) is 5.91 Å². The fourth-order valence-electron chi connectivity index (χ4n) is 1.30. The fraction of sp³-hybridized carbons (Fsp3) is 0.800. The highest BCUT2D eigenvalue weighted by Crippen LogP contribution is 2.10. The molecule has 1 rings (SSSR count). The number of aliphatic carboxylic acids is 1. The van der Waals surface area contributed by atoms with Gasteiger partial charge >= 0.3 is 0 Å². The molecule has 4 heteroatoms. The molecule has 0 bridgehead atoms. The molecule has 14 heavy (non-hydrogen) atoms. The first-order chi connectivity index (χ1) is 6.45. The molecule has 0 atom stereocenters. The van der Waals surface area contributed by atoms with Crippen LogP contribution in [0.4, 0.5) is 0 Å². The van der Waals surface area contributed by atoms with Gasteiger partial charge in [0.25, 0.3) is 5.97 Å². The molecule has 1 aliphatic heterocycles. The minimum absolute atomic E-state index is 0.179. The van der Waals surface area contributed by atoms with Crippen molar-refractivity contribution in [1.29, 1.82) is 0 Å². The quantitative estimate of drug-likeness (QED) is 0.696. The van der Waals surface area contributed by atoms with Gasteiger partial charge in [-0.2, -0.15) is 0 Å². The molecule has 1 amide bonds. The van der Waals surface area contributed by atoms with E-state index in [1.807, 2.05) is 18.7 Å². The number of nitrogens with zero attached hydrogens (tertiary/aromatic N) is 1. The van der Waals surface area contributed by atoms with Crippen molar-refractivity contribution in [1.82, 2.24) is 4.90 Å².